The molecule has 5 heteroatoms. The molecule has 0 unspecified atom stereocenters. The van der Waals surface area contributed by atoms with Crippen LogP contribution in [0.1, 0.15) is 56.7 Å². The molecule has 0 bridgehead atoms. The van der Waals surface area contributed by atoms with Gasteiger partial charge in [-0.2, -0.15) is 0 Å². The number of hydrogen-bond acceptors (Lipinski definition) is 4. The van der Waals surface area contributed by atoms with E-state index >= 15 is 0 Å². The van der Waals surface area contributed by atoms with Crippen molar-refractivity contribution in [2.75, 3.05) is 6.54 Å². The SMILES string of the molecule is c1cn(-c2nccnc2[C@@H]2CCCN2C2CCCCC2)cn1. The first-order valence-corrected chi connectivity index (χ1v) is 8.48. The predicted molar refractivity (Wildman–Crippen MR) is 84.7 cm³/mol. The molecule has 0 spiro atoms. The van der Waals surface area contributed by atoms with Crippen LogP contribution in [0.15, 0.2) is 31.1 Å². The molecular weight excluding hydrogens is 274 g/mol. The number of hydrogen-bond donors (Lipinski definition) is 0. The first kappa shape index (κ1) is 13.9. The van der Waals surface area contributed by atoms with Crippen molar-refractivity contribution < 1.29 is 0 Å². The summed E-state index contributed by atoms with van der Waals surface area (Å²) >= 11 is 0. The van der Waals surface area contributed by atoms with Gasteiger partial charge in [-0.25, -0.2) is 9.97 Å². The van der Waals surface area contributed by atoms with Gasteiger partial charge in [-0.15, -0.1) is 0 Å². The summed E-state index contributed by atoms with van der Waals surface area (Å²) < 4.78 is 1.99. The van der Waals surface area contributed by atoms with Gasteiger partial charge in [0.2, 0.25) is 0 Å². The van der Waals surface area contributed by atoms with E-state index in [0.29, 0.717) is 6.04 Å². The third-order valence-electron chi connectivity index (χ3n) is 5.11. The van der Waals surface area contributed by atoms with Gasteiger partial charge in [0.15, 0.2) is 5.82 Å². The predicted octanol–water partition coefficient (Wildman–Crippen LogP) is 3.13. The van der Waals surface area contributed by atoms with E-state index in [-0.39, 0.29) is 0 Å². The van der Waals surface area contributed by atoms with E-state index in [1.807, 2.05) is 23.3 Å². The van der Waals surface area contributed by atoms with Gasteiger partial charge in [0, 0.05) is 30.8 Å². The molecule has 5 nitrogen and oxygen atoms in total. The molecular formula is C17H23N5. The molecule has 1 aliphatic carbocycles. The highest BCUT2D eigenvalue weighted by molar-refractivity contribution is 5.31. The van der Waals surface area contributed by atoms with E-state index < -0.39 is 0 Å². The van der Waals surface area contributed by atoms with Gasteiger partial charge in [-0.05, 0) is 32.2 Å². The zero-order chi connectivity index (χ0) is 14.8. The average molecular weight is 297 g/mol. The summed E-state index contributed by atoms with van der Waals surface area (Å²) in [7, 11) is 0. The lowest BCUT2D eigenvalue weighted by atomic mass is 9.93. The molecule has 0 radical (unpaired) electrons. The Bertz CT molecular complexity index is 603. The third kappa shape index (κ3) is 2.54. The third-order valence-corrected chi connectivity index (χ3v) is 5.11. The topological polar surface area (TPSA) is 46.8 Å². The monoisotopic (exact) mass is 297 g/mol. The van der Waals surface area contributed by atoms with Crippen LogP contribution in [0.2, 0.25) is 0 Å². The standard InChI is InChI=1S/C17H23N5/c1-2-5-14(6-3-1)22-11-4-7-15(22)16-17(20-9-8-19-16)21-12-10-18-13-21/h8-10,12-15H,1-7,11H2/t15-/m0/s1. The molecule has 2 fully saturated rings. The Morgan fingerprint density at radius 3 is 2.59 bits per heavy atom. The molecule has 2 aliphatic rings. The lowest BCUT2D eigenvalue weighted by molar-refractivity contribution is 0.140. The minimum absolute atomic E-state index is 0.411. The Balaban J connectivity index is 1.66. The number of aromatic nitrogens is 4. The summed E-state index contributed by atoms with van der Waals surface area (Å²) in [6, 6.07) is 1.15. The Morgan fingerprint density at radius 2 is 1.77 bits per heavy atom. The summed E-state index contributed by atoms with van der Waals surface area (Å²) in [5.74, 6) is 0.938. The van der Waals surface area contributed by atoms with Crippen LogP contribution < -0.4 is 0 Å². The lowest BCUT2D eigenvalue weighted by Gasteiger charge is -2.35. The zero-order valence-corrected chi connectivity index (χ0v) is 12.9. The highest BCUT2D eigenvalue weighted by atomic mass is 15.2. The fraction of sp³-hybridized carbons (Fsp3) is 0.588. The van der Waals surface area contributed by atoms with Crippen LogP contribution >= 0.6 is 0 Å². The highest BCUT2D eigenvalue weighted by Gasteiger charge is 2.34. The van der Waals surface area contributed by atoms with Gasteiger partial charge in [-0.1, -0.05) is 19.3 Å². The van der Waals surface area contributed by atoms with Crippen LogP contribution in [0.5, 0.6) is 0 Å². The van der Waals surface area contributed by atoms with E-state index in [9.17, 15) is 0 Å². The van der Waals surface area contributed by atoms with Crippen molar-refractivity contribution in [2.24, 2.45) is 0 Å². The van der Waals surface area contributed by atoms with Gasteiger partial charge in [0.1, 0.15) is 12.0 Å². The Kier molecular flexibility index (Phi) is 3.89. The van der Waals surface area contributed by atoms with Crippen LogP contribution in [0.25, 0.3) is 5.82 Å². The van der Waals surface area contributed by atoms with Crippen LogP contribution in [0.4, 0.5) is 0 Å². The largest absolute Gasteiger partial charge is 0.292 e. The molecule has 2 aromatic heterocycles. The number of nitrogens with zero attached hydrogens (tertiary/aromatic N) is 5. The quantitative estimate of drug-likeness (QED) is 0.873. The number of imidazole rings is 1. The molecule has 0 aromatic carbocycles. The van der Waals surface area contributed by atoms with Crippen molar-refractivity contribution in [3.05, 3.63) is 36.8 Å². The average Bonchev–Trinajstić information content (AvgIpc) is 3.27. The molecule has 116 valence electrons. The normalized spacial score (nSPS) is 23.9. The van der Waals surface area contributed by atoms with Crippen LogP contribution in [0, 0.1) is 0 Å². The van der Waals surface area contributed by atoms with Gasteiger partial charge < -0.3 is 0 Å². The molecule has 0 N–H and O–H groups in total. The maximum Gasteiger partial charge on any atom is 0.161 e. The summed E-state index contributed by atoms with van der Waals surface area (Å²) in [6.07, 6.45) is 18.5. The van der Waals surface area contributed by atoms with Crippen molar-refractivity contribution in [2.45, 2.75) is 57.0 Å². The van der Waals surface area contributed by atoms with E-state index in [2.05, 4.69) is 14.9 Å². The van der Waals surface area contributed by atoms with E-state index in [0.717, 1.165) is 17.6 Å². The van der Waals surface area contributed by atoms with Gasteiger partial charge in [0.25, 0.3) is 0 Å². The number of likely N-dealkylation sites (tertiary alicyclic amines) is 1. The molecule has 4 rings (SSSR count). The second kappa shape index (κ2) is 6.16. The molecule has 1 aliphatic heterocycles. The minimum Gasteiger partial charge on any atom is -0.292 e. The fourth-order valence-electron chi connectivity index (χ4n) is 4.09. The van der Waals surface area contributed by atoms with Crippen molar-refractivity contribution >= 4 is 0 Å². The van der Waals surface area contributed by atoms with E-state index in [1.165, 1.54) is 51.5 Å². The summed E-state index contributed by atoms with van der Waals surface area (Å²) in [5.41, 5.74) is 1.11. The molecule has 3 heterocycles. The van der Waals surface area contributed by atoms with Crippen molar-refractivity contribution in [3.8, 4) is 5.82 Å². The Hall–Kier alpha value is -1.75. The summed E-state index contributed by atoms with van der Waals surface area (Å²) in [4.78, 5) is 16.1. The molecule has 22 heavy (non-hydrogen) atoms. The maximum absolute atomic E-state index is 4.71. The van der Waals surface area contributed by atoms with Gasteiger partial charge in [0.05, 0.1) is 6.04 Å². The van der Waals surface area contributed by atoms with Gasteiger partial charge >= 0.3 is 0 Å². The Morgan fingerprint density at radius 1 is 0.909 bits per heavy atom. The first-order chi connectivity index (χ1) is 10.9. The second-order valence-electron chi connectivity index (χ2n) is 6.42. The molecule has 1 saturated heterocycles. The molecule has 2 aromatic rings. The summed E-state index contributed by atoms with van der Waals surface area (Å²) in [6.45, 7) is 1.20. The highest BCUT2D eigenvalue weighted by Crippen LogP contribution is 2.38. The fourth-order valence-corrected chi connectivity index (χ4v) is 4.09. The zero-order valence-electron chi connectivity index (χ0n) is 12.9. The summed E-state index contributed by atoms with van der Waals surface area (Å²) in [5, 5.41) is 0. The van der Waals surface area contributed by atoms with Gasteiger partial charge in [-0.3, -0.25) is 14.5 Å². The van der Waals surface area contributed by atoms with Crippen molar-refractivity contribution in [1.29, 1.82) is 0 Å². The van der Waals surface area contributed by atoms with Crippen molar-refractivity contribution in [1.82, 2.24) is 24.4 Å². The van der Waals surface area contributed by atoms with E-state index in [1.54, 1.807) is 12.4 Å². The first-order valence-electron chi connectivity index (χ1n) is 8.48. The van der Waals surface area contributed by atoms with Crippen molar-refractivity contribution in [3.63, 3.8) is 0 Å². The Labute approximate surface area is 131 Å². The van der Waals surface area contributed by atoms with Crippen LogP contribution in [0.3, 0.4) is 0 Å². The number of rotatable bonds is 3. The van der Waals surface area contributed by atoms with E-state index in [4.69, 9.17) is 4.98 Å². The maximum atomic E-state index is 4.71. The molecule has 1 saturated carbocycles. The minimum atomic E-state index is 0.411. The van der Waals surface area contributed by atoms with Crippen LogP contribution in [-0.4, -0.2) is 37.0 Å². The van der Waals surface area contributed by atoms with Crippen LogP contribution in [-0.2, 0) is 0 Å². The smallest absolute Gasteiger partial charge is 0.161 e. The molecule has 1 atom stereocenters. The second-order valence-corrected chi connectivity index (χ2v) is 6.42. The molecule has 0 amide bonds. The lowest BCUT2D eigenvalue weighted by Crippen LogP contribution is -2.37.